The second kappa shape index (κ2) is 8.71. The highest BCUT2D eigenvalue weighted by Gasteiger charge is 2.50. The Kier molecular flexibility index (Phi) is 5.83. The number of hydrogen-bond acceptors (Lipinski definition) is 7. The van der Waals surface area contributed by atoms with Crippen molar-refractivity contribution < 1.29 is 28.4 Å². The van der Waals surface area contributed by atoms with E-state index in [4.69, 9.17) is 9.26 Å². The third kappa shape index (κ3) is 4.50. The molecule has 1 N–H and O–H groups in total. The number of fused-ring (bicyclic) bond motifs is 1. The molecule has 2 fully saturated rings. The van der Waals surface area contributed by atoms with Gasteiger partial charge in [-0.1, -0.05) is 35.5 Å². The van der Waals surface area contributed by atoms with E-state index in [9.17, 15) is 19.2 Å². The molecule has 162 valence electrons. The van der Waals surface area contributed by atoms with Crippen LogP contribution in [-0.4, -0.2) is 46.9 Å². The SMILES string of the molecule is Cc1cc(NC(=O)COC(=O)CN2C(=O)[C@H]3C[C@@H](c4ccccc4)CC[C@H]3C2=O)no1. The van der Waals surface area contributed by atoms with Gasteiger partial charge in [-0.2, -0.15) is 0 Å². The number of aromatic nitrogens is 1. The van der Waals surface area contributed by atoms with Gasteiger partial charge in [0, 0.05) is 6.07 Å². The highest BCUT2D eigenvalue weighted by molar-refractivity contribution is 6.07. The molecule has 2 heterocycles. The van der Waals surface area contributed by atoms with Crippen LogP contribution in [-0.2, 0) is 23.9 Å². The number of anilines is 1. The van der Waals surface area contributed by atoms with Crippen LogP contribution in [0.15, 0.2) is 40.9 Å². The second-order valence-corrected chi connectivity index (χ2v) is 7.93. The second-order valence-electron chi connectivity index (χ2n) is 7.93. The zero-order valence-corrected chi connectivity index (χ0v) is 17.1. The Morgan fingerprint density at radius 2 is 1.90 bits per heavy atom. The molecule has 31 heavy (non-hydrogen) atoms. The minimum absolute atomic E-state index is 0.209. The van der Waals surface area contributed by atoms with Gasteiger partial charge >= 0.3 is 5.97 Å². The lowest BCUT2D eigenvalue weighted by Gasteiger charge is -2.28. The molecule has 3 atom stereocenters. The fourth-order valence-corrected chi connectivity index (χ4v) is 4.36. The monoisotopic (exact) mass is 425 g/mol. The molecule has 2 aromatic rings. The Bertz CT molecular complexity index is 1000. The standard InChI is InChI=1S/C22H23N3O6/c1-13-9-18(24-31-13)23-19(26)12-30-20(27)11-25-21(28)16-8-7-15(10-17(16)22(25)29)14-5-3-2-4-6-14/h2-6,9,15-17H,7-8,10-12H2,1H3,(H,23,24,26)/t15-,16+,17-/m0/s1. The van der Waals surface area contributed by atoms with Gasteiger partial charge in [-0.3, -0.25) is 24.1 Å². The molecule has 1 aromatic heterocycles. The molecule has 9 nitrogen and oxygen atoms in total. The summed E-state index contributed by atoms with van der Waals surface area (Å²) in [6, 6.07) is 11.5. The molecule has 0 bridgehead atoms. The van der Waals surface area contributed by atoms with Gasteiger partial charge in [-0.25, -0.2) is 0 Å². The largest absolute Gasteiger partial charge is 0.454 e. The van der Waals surface area contributed by atoms with Gasteiger partial charge in [-0.15, -0.1) is 0 Å². The number of amides is 3. The predicted octanol–water partition coefficient (Wildman–Crippen LogP) is 2.03. The fraction of sp³-hybridized carbons (Fsp3) is 0.409. The van der Waals surface area contributed by atoms with Crippen molar-refractivity contribution in [2.75, 3.05) is 18.5 Å². The Morgan fingerprint density at radius 1 is 1.16 bits per heavy atom. The van der Waals surface area contributed by atoms with Gasteiger partial charge in [0.2, 0.25) is 11.8 Å². The van der Waals surface area contributed by atoms with E-state index in [1.54, 1.807) is 6.92 Å². The smallest absolute Gasteiger partial charge is 0.326 e. The number of imide groups is 1. The number of esters is 1. The summed E-state index contributed by atoms with van der Waals surface area (Å²) in [5.74, 6) is -1.94. The van der Waals surface area contributed by atoms with E-state index in [0.29, 0.717) is 18.6 Å². The quantitative estimate of drug-likeness (QED) is 0.556. The number of rotatable bonds is 6. The first-order chi connectivity index (χ1) is 14.9. The van der Waals surface area contributed by atoms with E-state index in [2.05, 4.69) is 10.5 Å². The molecule has 0 radical (unpaired) electrons. The first-order valence-corrected chi connectivity index (χ1v) is 10.2. The van der Waals surface area contributed by atoms with E-state index < -0.39 is 30.9 Å². The molecule has 9 heteroatoms. The number of ether oxygens (including phenoxy) is 1. The van der Waals surface area contributed by atoms with E-state index in [1.165, 1.54) is 6.07 Å². The number of likely N-dealkylation sites (tertiary alicyclic amines) is 1. The van der Waals surface area contributed by atoms with Gasteiger partial charge in [0.25, 0.3) is 5.91 Å². The maximum Gasteiger partial charge on any atom is 0.326 e. The van der Waals surface area contributed by atoms with Gasteiger partial charge < -0.3 is 14.6 Å². The van der Waals surface area contributed by atoms with E-state index in [-0.39, 0.29) is 29.5 Å². The Morgan fingerprint density at radius 3 is 2.61 bits per heavy atom. The topological polar surface area (TPSA) is 119 Å². The van der Waals surface area contributed by atoms with Gasteiger partial charge in [0.15, 0.2) is 12.4 Å². The fourth-order valence-electron chi connectivity index (χ4n) is 4.36. The molecule has 1 saturated carbocycles. The summed E-state index contributed by atoms with van der Waals surface area (Å²) in [6.07, 6.45) is 2.02. The van der Waals surface area contributed by atoms with Gasteiger partial charge in [0.1, 0.15) is 12.3 Å². The predicted molar refractivity (Wildman–Crippen MR) is 108 cm³/mol. The molecule has 4 rings (SSSR count). The van der Waals surface area contributed by atoms with Crippen LogP contribution in [0.25, 0.3) is 0 Å². The van der Waals surface area contributed by atoms with Crippen molar-refractivity contribution in [3.05, 3.63) is 47.7 Å². The maximum absolute atomic E-state index is 12.8. The summed E-state index contributed by atoms with van der Waals surface area (Å²) >= 11 is 0. The van der Waals surface area contributed by atoms with Crippen LogP contribution >= 0.6 is 0 Å². The van der Waals surface area contributed by atoms with Crippen molar-refractivity contribution in [2.45, 2.75) is 32.1 Å². The number of aryl methyl sites for hydroxylation is 1. The summed E-state index contributed by atoms with van der Waals surface area (Å²) in [7, 11) is 0. The summed E-state index contributed by atoms with van der Waals surface area (Å²) in [5, 5.41) is 6.03. The van der Waals surface area contributed by atoms with Crippen molar-refractivity contribution in [2.24, 2.45) is 11.8 Å². The molecule has 1 aromatic carbocycles. The molecule has 3 amide bonds. The van der Waals surface area contributed by atoms with Crippen molar-refractivity contribution in [3.8, 4) is 0 Å². The van der Waals surface area contributed by atoms with E-state index in [0.717, 1.165) is 16.9 Å². The average molecular weight is 425 g/mol. The van der Waals surface area contributed by atoms with E-state index >= 15 is 0 Å². The third-order valence-electron chi connectivity index (χ3n) is 5.83. The molecule has 1 saturated heterocycles. The molecule has 0 unspecified atom stereocenters. The number of nitrogens with one attached hydrogen (secondary N) is 1. The normalized spacial score (nSPS) is 22.9. The van der Waals surface area contributed by atoms with Crippen LogP contribution in [0.2, 0.25) is 0 Å². The highest BCUT2D eigenvalue weighted by atomic mass is 16.5. The van der Waals surface area contributed by atoms with Crippen molar-refractivity contribution in [3.63, 3.8) is 0 Å². The number of hydrogen-bond donors (Lipinski definition) is 1. The van der Waals surface area contributed by atoms with Crippen molar-refractivity contribution >= 4 is 29.5 Å². The number of benzene rings is 1. The maximum atomic E-state index is 12.8. The molecular formula is C22H23N3O6. The lowest BCUT2D eigenvalue weighted by molar-refractivity contribution is -0.154. The van der Waals surface area contributed by atoms with E-state index in [1.807, 2.05) is 30.3 Å². The molecular weight excluding hydrogens is 402 g/mol. The van der Waals surface area contributed by atoms with Crippen LogP contribution < -0.4 is 5.32 Å². The Balaban J connectivity index is 1.30. The number of carbonyl (C=O) groups excluding carboxylic acids is 4. The molecule has 1 aliphatic heterocycles. The zero-order chi connectivity index (χ0) is 22.0. The number of carbonyl (C=O) groups is 4. The summed E-state index contributed by atoms with van der Waals surface area (Å²) < 4.78 is 9.76. The van der Waals surface area contributed by atoms with Gasteiger partial charge in [0.05, 0.1) is 11.8 Å². The Hall–Kier alpha value is -3.49. The minimum atomic E-state index is -0.813. The first kappa shape index (κ1) is 20.8. The number of nitrogens with zero attached hydrogens (tertiary/aromatic N) is 2. The third-order valence-corrected chi connectivity index (χ3v) is 5.83. The van der Waals surface area contributed by atoms with Crippen LogP contribution in [0, 0.1) is 18.8 Å². The lowest BCUT2D eigenvalue weighted by Crippen LogP contribution is -2.37. The lowest BCUT2D eigenvalue weighted by atomic mass is 9.73. The molecule has 1 aliphatic carbocycles. The van der Waals surface area contributed by atoms with Crippen LogP contribution in [0.1, 0.15) is 36.5 Å². The Labute approximate surface area is 178 Å². The summed E-state index contributed by atoms with van der Waals surface area (Å²) in [4.78, 5) is 50.5. The average Bonchev–Trinajstić information content (AvgIpc) is 3.28. The van der Waals surface area contributed by atoms with Crippen LogP contribution in [0.4, 0.5) is 5.82 Å². The molecule has 2 aliphatic rings. The van der Waals surface area contributed by atoms with Crippen molar-refractivity contribution in [1.29, 1.82) is 0 Å². The van der Waals surface area contributed by atoms with Crippen LogP contribution in [0.5, 0.6) is 0 Å². The molecule has 0 spiro atoms. The van der Waals surface area contributed by atoms with Gasteiger partial charge in [-0.05, 0) is 37.7 Å². The minimum Gasteiger partial charge on any atom is -0.454 e. The summed E-state index contributed by atoms with van der Waals surface area (Å²) in [5.41, 5.74) is 1.16. The van der Waals surface area contributed by atoms with Crippen LogP contribution in [0.3, 0.4) is 0 Å². The van der Waals surface area contributed by atoms with Crippen molar-refractivity contribution in [1.82, 2.24) is 10.1 Å². The highest BCUT2D eigenvalue weighted by Crippen LogP contribution is 2.44. The zero-order valence-electron chi connectivity index (χ0n) is 17.1. The first-order valence-electron chi connectivity index (χ1n) is 10.2. The summed E-state index contributed by atoms with van der Waals surface area (Å²) in [6.45, 7) is 0.632.